The number of carbonyl (C=O) groups excluding carboxylic acids is 1. The van der Waals surface area contributed by atoms with Gasteiger partial charge in [0.1, 0.15) is 9.71 Å². The number of carbonyl (C=O) groups is 1. The summed E-state index contributed by atoms with van der Waals surface area (Å²) >= 11 is 1.44. The number of benzene rings is 1. The third kappa shape index (κ3) is 4.79. The maximum Gasteiger partial charge on any atom is 0.263 e. The normalized spacial score (nSPS) is 18.8. The van der Waals surface area contributed by atoms with Crippen LogP contribution in [-0.2, 0) is 6.42 Å². The van der Waals surface area contributed by atoms with E-state index in [4.69, 9.17) is 0 Å². The highest BCUT2D eigenvalue weighted by Crippen LogP contribution is 2.36. The average molecular weight is 513 g/mol. The van der Waals surface area contributed by atoms with Gasteiger partial charge in [-0.3, -0.25) is 9.78 Å². The van der Waals surface area contributed by atoms with Crippen molar-refractivity contribution in [2.75, 3.05) is 36.9 Å². The summed E-state index contributed by atoms with van der Waals surface area (Å²) in [6.07, 6.45) is 7.02. The molecule has 0 radical (unpaired) electrons. The van der Waals surface area contributed by atoms with Crippen molar-refractivity contribution in [2.24, 2.45) is 0 Å². The van der Waals surface area contributed by atoms with Crippen LogP contribution in [0, 0.1) is 6.92 Å². The van der Waals surface area contributed by atoms with Gasteiger partial charge in [-0.25, -0.2) is 4.98 Å². The molecule has 3 N–H and O–H groups in total. The molecule has 1 aromatic carbocycles. The minimum atomic E-state index is -0.0644. The van der Waals surface area contributed by atoms with Crippen LogP contribution >= 0.6 is 11.3 Å². The molecule has 2 aliphatic heterocycles. The van der Waals surface area contributed by atoms with E-state index in [9.17, 15) is 4.79 Å². The number of nitrogens with one attached hydrogen (secondary N) is 3. The van der Waals surface area contributed by atoms with Crippen LogP contribution in [-0.4, -0.2) is 54.6 Å². The van der Waals surface area contributed by atoms with Gasteiger partial charge in [-0.05, 0) is 62.1 Å². The summed E-state index contributed by atoms with van der Waals surface area (Å²) in [7, 11) is 1.85. The molecule has 2 aliphatic rings. The molecule has 4 aromatic rings. The second-order valence-electron chi connectivity index (χ2n) is 10.0. The summed E-state index contributed by atoms with van der Waals surface area (Å²) in [4.78, 5) is 26.2. The summed E-state index contributed by atoms with van der Waals surface area (Å²) in [5.74, 6) is -0.0644. The van der Waals surface area contributed by atoms with Crippen molar-refractivity contribution in [3.63, 3.8) is 0 Å². The van der Waals surface area contributed by atoms with Crippen LogP contribution in [0.3, 0.4) is 0 Å². The van der Waals surface area contributed by atoms with Crippen molar-refractivity contribution >= 4 is 38.8 Å². The molecular weight excluding hydrogens is 480 g/mol. The van der Waals surface area contributed by atoms with Crippen molar-refractivity contribution in [1.29, 1.82) is 0 Å². The fourth-order valence-electron chi connectivity index (χ4n) is 5.64. The Morgan fingerprint density at radius 2 is 2.00 bits per heavy atom. The number of hydrogen-bond acceptors (Lipinski definition) is 7. The largest absolute Gasteiger partial charge is 0.386 e. The molecule has 3 aromatic heterocycles. The summed E-state index contributed by atoms with van der Waals surface area (Å²) in [5, 5.41) is 11.0. The number of fused-ring (bicyclic) bond motifs is 3. The van der Waals surface area contributed by atoms with E-state index >= 15 is 0 Å². The van der Waals surface area contributed by atoms with E-state index in [1.165, 1.54) is 41.0 Å². The Labute approximate surface area is 221 Å². The fourth-order valence-corrected chi connectivity index (χ4v) is 6.78. The molecule has 0 aliphatic carbocycles. The summed E-state index contributed by atoms with van der Waals surface area (Å²) in [5.41, 5.74) is 6.60. The molecule has 37 heavy (non-hydrogen) atoms. The lowest BCUT2D eigenvalue weighted by atomic mass is 9.99. The highest BCUT2D eigenvalue weighted by molar-refractivity contribution is 7.21. The maximum absolute atomic E-state index is 13.1. The zero-order chi connectivity index (χ0) is 25.4. The zero-order valence-electron chi connectivity index (χ0n) is 21.3. The van der Waals surface area contributed by atoms with Crippen molar-refractivity contribution in [3.8, 4) is 11.1 Å². The number of amides is 1. The lowest BCUT2D eigenvalue weighted by Crippen LogP contribution is -2.51. The minimum absolute atomic E-state index is 0.0644. The van der Waals surface area contributed by atoms with Crippen LogP contribution in [0.2, 0.25) is 0 Å². The van der Waals surface area contributed by atoms with Gasteiger partial charge in [0.15, 0.2) is 0 Å². The molecule has 0 saturated carbocycles. The summed E-state index contributed by atoms with van der Waals surface area (Å²) in [6, 6.07) is 16.0. The predicted octanol–water partition coefficient (Wildman–Crippen LogP) is 4.62. The van der Waals surface area contributed by atoms with Crippen molar-refractivity contribution in [1.82, 2.24) is 20.6 Å². The van der Waals surface area contributed by atoms with E-state index in [0.29, 0.717) is 23.5 Å². The standard InChI is InChI=1S/C29H32N6OS/c1-18-5-9-23-26(30-2)27(37-29(23)33-18)28(36)32-13-11-19-6-10-25(24(14-19)20-4-3-12-31-15-20)35-16-21-7-8-22(17-35)34-21/h3-6,9-10,12,14-15,21-22,30,34H,7-8,11,13,16-17H2,1-2H3,(H,32,36). The minimum Gasteiger partial charge on any atom is -0.386 e. The average Bonchev–Trinajstić information content (AvgIpc) is 3.46. The molecule has 6 rings (SSSR count). The molecule has 1 amide bonds. The Morgan fingerprint density at radius 3 is 2.76 bits per heavy atom. The first-order valence-corrected chi connectivity index (χ1v) is 13.8. The van der Waals surface area contributed by atoms with Gasteiger partial charge in [-0.2, -0.15) is 0 Å². The number of pyridine rings is 2. The number of nitrogens with zero attached hydrogens (tertiary/aromatic N) is 3. The van der Waals surface area contributed by atoms with Gasteiger partial charge in [0.25, 0.3) is 5.91 Å². The molecule has 7 nitrogen and oxygen atoms in total. The molecule has 2 atom stereocenters. The van der Waals surface area contributed by atoms with Crippen molar-refractivity contribution in [3.05, 3.63) is 71.0 Å². The lowest BCUT2D eigenvalue weighted by Gasteiger charge is -2.36. The number of rotatable bonds is 7. The smallest absolute Gasteiger partial charge is 0.263 e. The third-order valence-corrected chi connectivity index (χ3v) is 8.54. The lowest BCUT2D eigenvalue weighted by molar-refractivity contribution is 0.0959. The second-order valence-corrected chi connectivity index (χ2v) is 11.0. The molecule has 8 heteroatoms. The van der Waals surface area contributed by atoms with Gasteiger partial charge in [0.2, 0.25) is 0 Å². The van der Waals surface area contributed by atoms with E-state index in [-0.39, 0.29) is 5.91 Å². The van der Waals surface area contributed by atoms with Gasteiger partial charge < -0.3 is 20.9 Å². The number of piperazine rings is 1. The number of anilines is 2. The van der Waals surface area contributed by atoms with Gasteiger partial charge in [0, 0.05) is 79.1 Å². The highest BCUT2D eigenvalue weighted by Gasteiger charge is 2.33. The highest BCUT2D eigenvalue weighted by atomic mass is 32.1. The molecule has 0 spiro atoms. The van der Waals surface area contributed by atoms with Crippen LogP contribution in [0.25, 0.3) is 21.3 Å². The fraction of sp³-hybridized carbons (Fsp3) is 0.345. The van der Waals surface area contributed by atoms with Gasteiger partial charge in [-0.1, -0.05) is 12.1 Å². The third-order valence-electron chi connectivity index (χ3n) is 7.44. The molecule has 2 saturated heterocycles. The Morgan fingerprint density at radius 1 is 1.16 bits per heavy atom. The molecule has 2 fully saturated rings. The maximum atomic E-state index is 13.1. The van der Waals surface area contributed by atoms with Crippen LogP contribution in [0.1, 0.15) is 33.8 Å². The predicted molar refractivity (Wildman–Crippen MR) is 152 cm³/mol. The Hall–Kier alpha value is -3.49. The summed E-state index contributed by atoms with van der Waals surface area (Å²) < 4.78 is 0. The number of thiophene rings is 1. The Balaban J connectivity index is 1.20. The first-order chi connectivity index (χ1) is 18.1. The van der Waals surface area contributed by atoms with Crippen LogP contribution in [0.4, 0.5) is 11.4 Å². The first kappa shape index (κ1) is 23.9. The first-order valence-electron chi connectivity index (χ1n) is 13.0. The SMILES string of the molecule is CNc1c(C(=O)NCCc2ccc(N3CC4CCC(C3)N4)c(-c3cccnc3)c2)sc2nc(C)ccc12. The topological polar surface area (TPSA) is 82.2 Å². The molecular formula is C29H32N6OS. The number of hydrogen-bond donors (Lipinski definition) is 3. The monoisotopic (exact) mass is 512 g/mol. The van der Waals surface area contributed by atoms with E-state index in [0.717, 1.165) is 46.7 Å². The second kappa shape index (κ2) is 10.1. The molecule has 5 heterocycles. The van der Waals surface area contributed by atoms with Crippen molar-refractivity contribution < 1.29 is 4.79 Å². The van der Waals surface area contributed by atoms with E-state index in [2.05, 4.69) is 55.1 Å². The quantitative estimate of drug-likeness (QED) is 0.335. The number of aryl methyl sites for hydroxylation is 1. The summed E-state index contributed by atoms with van der Waals surface area (Å²) in [6.45, 7) is 4.61. The van der Waals surface area contributed by atoms with Crippen LogP contribution < -0.4 is 20.9 Å². The van der Waals surface area contributed by atoms with Crippen LogP contribution in [0.5, 0.6) is 0 Å². The van der Waals surface area contributed by atoms with Gasteiger partial charge >= 0.3 is 0 Å². The Kier molecular flexibility index (Phi) is 6.52. The molecule has 190 valence electrons. The van der Waals surface area contributed by atoms with Gasteiger partial charge in [0.05, 0.1) is 5.69 Å². The zero-order valence-corrected chi connectivity index (χ0v) is 22.1. The van der Waals surface area contributed by atoms with Crippen LogP contribution in [0.15, 0.2) is 54.9 Å². The molecule has 2 unspecified atom stereocenters. The molecule has 2 bridgehead atoms. The van der Waals surface area contributed by atoms with Gasteiger partial charge in [-0.15, -0.1) is 11.3 Å². The number of aromatic nitrogens is 2. The Bertz CT molecular complexity index is 1420. The van der Waals surface area contributed by atoms with E-state index < -0.39 is 0 Å². The van der Waals surface area contributed by atoms with E-state index in [1.54, 1.807) is 0 Å². The van der Waals surface area contributed by atoms with E-state index in [1.807, 2.05) is 44.6 Å². The van der Waals surface area contributed by atoms with Crippen molar-refractivity contribution in [2.45, 2.75) is 38.3 Å².